The molecule has 2 heteroatoms. The summed E-state index contributed by atoms with van der Waals surface area (Å²) in [6.07, 6.45) is 0. The highest BCUT2D eigenvalue weighted by atomic mass is 15.3. The molecule has 23 heavy (non-hydrogen) atoms. The largest absolute Gasteiger partial charge is 0.300 e. The van der Waals surface area contributed by atoms with Crippen LogP contribution in [0.4, 0.5) is 0 Å². The molecular formula is C21H27N2. The first-order valence-electron chi connectivity index (χ1n) is 8.59. The van der Waals surface area contributed by atoms with Crippen LogP contribution in [0.1, 0.15) is 19.4 Å². The van der Waals surface area contributed by atoms with Gasteiger partial charge in [0, 0.05) is 39.3 Å². The summed E-state index contributed by atoms with van der Waals surface area (Å²) in [5.74, 6) is 1.51. The second-order valence-corrected chi connectivity index (χ2v) is 6.78. The second-order valence-electron chi connectivity index (χ2n) is 6.78. The van der Waals surface area contributed by atoms with E-state index in [2.05, 4.69) is 78.2 Å². The van der Waals surface area contributed by atoms with Crippen molar-refractivity contribution in [2.24, 2.45) is 0 Å². The highest BCUT2D eigenvalue weighted by Gasteiger charge is 2.18. The topological polar surface area (TPSA) is 6.48 Å². The van der Waals surface area contributed by atoms with Gasteiger partial charge in [0.15, 0.2) is 0 Å². The van der Waals surface area contributed by atoms with Crippen LogP contribution in [0.5, 0.6) is 0 Å². The summed E-state index contributed by atoms with van der Waals surface area (Å²) in [5, 5.41) is 0. The van der Waals surface area contributed by atoms with Gasteiger partial charge in [0.2, 0.25) is 0 Å². The van der Waals surface area contributed by atoms with E-state index >= 15 is 0 Å². The van der Waals surface area contributed by atoms with Crippen LogP contribution < -0.4 is 0 Å². The van der Waals surface area contributed by atoms with Crippen LogP contribution >= 0.6 is 0 Å². The summed E-state index contributed by atoms with van der Waals surface area (Å²) in [5.41, 5.74) is 4.12. The Morgan fingerprint density at radius 2 is 1.39 bits per heavy atom. The first-order valence-corrected chi connectivity index (χ1v) is 8.59. The molecule has 1 heterocycles. The predicted molar refractivity (Wildman–Crippen MR) is 98.2 cm³/mol. The smallest absolute Gasteiger partial charge is 0.0240 e. The lowest BCUT2D eigenvalue weighted by atomic mass is 9.99. The third-order valence-electron chi connectivity index (χ3n) is 4.50. The van der Waals surface area contributed by atoms with Gasteiger partial charge in [-0.05, 0) is 22.6 Å². The fourth-order valence-electron chi connectivity index (χ4n) is 3.35. The first-order chi connectivity index (χ1) is 11.2. The maximum Gasteiger partial charge on any atom is 0.0240 e. The lowest BCUT2D eigenvalue weighted by molar-refractivity contribution is 0.131. The molecule has 0 spiro atoms. The molecular weight excluding hydrogens is 280 g/mol. The van der Waals surface area contributed by atoms with E-state index in [1.807, 2.05) is 0 Å². The zero-order valence-electron chi connectivity index (χ0n) is 14.3. The van der Waals surface area contributed by atoms with E-state index in [0.717, 1.165) is 26.2 Å². The highest BCUT2D eigenvalue weighted by Crippen LogP contribution is 2.24. The van der Waals surface area contributed by atoms with Crippen LogP contribution in [-0.4, -0.2) is 42.5 Å². The molecule has 1 saturated heterocycles. The molecule has 0 saturated carbocycles. The van der Waals surface area contributed by atoms with Gasteiger partial charge in [-0.2, -0.15) is 0 Å². The SMILES string of the molecule is C[C](C)CN1CCN(Cc2ccccc2-c2ccccc2)CC1. The monoisotopic (exact) mass is 307 g/mol. The van der Waals surface area contributed by atoms with Crippen molar-refractivity contribution in [2.45, 2.75) is 20.4 Å². The number of hydrogen-bond donors (Lipinski definition) is 0. The molecule has 1 aliphatic rings. The molecule has 0 atom stereocenters. The van der Waals surface area contributed by atoms with Crippen LogP contribution in [0, 0.1) is 5.92 Å². The number of nitrogens with zero attached hydrogens (tertiary/aromatic N) is 2. The summed E-state index contributed by atoms with van der Waals surface area (Å²) >= 11 is 0. The molecule has 0 aromatic heterocycles. The number of hydrogen-bond acceptors (Lipinski definition) is 2. The van der Waals surface area contributed by atoms with Gasteiger partial charge in [0.25, 0.3) is 0 Å². The number of benzene rings is 2. The first kappa shape index (κ1) is 16.2. The lowest BCUT2D eigenvalue weighted by Crippen LogP contribution is -2.46. The van der Waals surface area contributed by atoms with Crippen molar-refractivity contribution in [3.8, 4) is 11.1 Å². The Balaban J connectivity index is 1.66. The van der Waals surface area contributed by atoms with E-state index in [-0.39, 0.29) is 0 Å². The normalized spacial score (nSPS) is 16.8. The Kier molecular flexibility index (Phi) is 5.47. The molecule has 1 aliphatic heterocycles. The van der Waals surface area contributed by atoms with Gasteiger partial charge >= 0.3 is 0 Å². The molecule has 0 N–H and O–H groups in total. The molecule has 0 aliphatic carbocycles. The Hall–Kier alpha value is -1.64. The minimum Gasteiger partial charge on any atom is -0.300 e. The number of rotatable bonds is 5. The van der Waals surface area contributed by atoms with Gasteiger partial charge in [-0.15, -0.1) is 0 Å². The van der Waals surface area contributed by atoms with Crippen molar-refractivity contribution in [1.29, 1.82) is 0 Å². The van der Waals surface area contributed by atoms with E-state index in [1.54, 1.807) is 0 Å². The molecule has 121 valence electrons. The molecule has 2 aromatic rings. The maximum atomic E-state index is 2.59. The summed E-state index contributed by atoms with van der Waals surface area (Å²) in [6.45, 7) is 11.3. The van der Waals surface area contributed by atoms with Gasteiger partial charge in [0.1, 0.15) is 0 Å². The minimum atomic E-state index is 1.05. The Morgan fingerprint density at radius 3 is 2.09 bits per heavy atom. The molecule has 2 aromatic carbocycles. The minimum absolute atomic E-state index is 1.05. The molecule has 2 nitrogen and oxygen atoms in total. The zero-order chi connectivity index (χ0) is 16.1. The van der Waals surface area contributed by atoms with Gasteiger partial charge in [-0.25, -0.2) is 0 Å². The van der Waals surface area contributed by atoms with Crippen molar-refractivity contribution >= 4 is 0 Å². The van der Waals surface area contributed by atoms with Crippen molar-refractivity contribution in [2.75, 3.05) is 32.7 Å². The average molecular weight is 307 g/mol. The Bertz CT molecular complexity index is 598. The fourth-order valence-corrected chi connectivity index (χ4v) is 3.35. The molecule has 0 amide bonds. The molecule has 0 unspecified atom stereocenters. The molecule has 1 fully saturated rings. The number of piperazine rings is 1. The second kappa shape index (κ2) is 7.76. The lowest BCUT2D eigenvalue weighted by Gasteiger charge is -2.35. The van der Waals surface area contributed by atoms with E-state index in [9.17, 15) is 0 Å². The van der Waals surface area contributed by atoms with Gasteiger partial charge in [-0.1, -0.05) is 68.4 Å². The predicted octanol–water partition coefficient (Wildman–Crippen LogP) is 4.09. The summed E-state index contributed by atoms with van der Waals surface area (Å²) < 4.78 is 0. The van der Waals surface area contributed by atoms with E-state index in [0.29, 0.717) is 0 Å². The molecule has 0 bridgehead atoms. The maximum absolute atomic E-state index is 2.59. The highest BCUT2D eigenvalue weighted by molar-refractivity contribution is 5.67. The van der Waals surface area contributed by atoms with Crippen LogP contribution in [0.25, 0.3) is 11.1 Å². The van der Waals surface area contributed by atoms with Crippen LogP contribution in [0.2, 0.25) is 0 Å². The Labute approximate surface area is 140 Å². The van der Waals surface area contributed by atoms with Gasteiger partial charge < -0.3 is 4.90 Å². The summed E-state index contributed by atoms with van der Waals surface area (Å²) in [4.78, 5) is 5.15. The van der Waals surface area contributed by atoms with Crippen molar-refractivity contribution < 1.29 is 0 Å². The quantitative estimate of drug-likeness (QED) is 0.821. The van der Waals surface area contributed by atoms with Crippen LogP contribution in [-0.2, 0) is 6.54 Å². The van der Waals surface area contributed by atoms with Crippen molar-refractivity contribution in [3.63, 3.8) is 0 Å². The molecule has 3 rings (SSSR count). The fraction of sp³-hybridized carbons (Fsp3) is 0.381. The Morgan fingerprint density at radius 1 is 0.783 bits per heavy atom. The van der Waals surface area contributed by atoms with E-state index in [4.69, 9.17) is 0 Å². The third kappa shape index (κ3) is 4.43. The van der Waals surface area contributed by atoms with Crippen molar-refractivity contribution in [3.05, 3.63) is 66.1 Å². The standard InChI is InChI=1S/C21H27N2/c1-18(2)16-22-12-14-23(15-13-22)17-20-10-6-7-11-21(20)19-8-4-3-5-9-19/h3-11H,12-17H2,1-2H3. The third-order valence-corrected chi connectivity index (χ3v) is 4.50. The van der Waals surface area contributed by atoms with E-state index in [1.165, 1.54) is 35.7 Å². The van der Waals surface area contributed by atoms with Crippen LogP contribution in [0.3, 0.4) is 0 Å². The zero-order valence-corrected chi connectivity index (χ0v) is 14.3. The summed E-state index contributed by atoms with van der Waals surface area (Å²) in [7, 11) is 0. The average Bonchev–Trinajstić information content (AvgIpc) is 2.57. The van der Waals surface area contributed by atoms with Gasteiger partial charge in [-0.3, -0.25) is 4.90 Å². The van der Waals surface area contributed by atoms with Gasteiger partial charge in [0.05, 0.1) is 0 Å². The summed E-state index contributed by atoms with van der Waals surface area (Å²) in [6, 6.07) is 19.6. The van der Waals surface area contributed by atoms with Crippen LogP contribution in [0.15, 0.2) is 54.6 Å². The van der Waals surface area contributed by atoms with E-state index < -0.39 is 0 Å². The van der Waals surface area contributed by atoms with Crippen molar-refractivity contribution in [1.82, 2.24) is 9.80 Å². The molecule has 1 radical (unpaired) electrons.